The number of hydrogen-bond acceptors (Lipinski definition) is 3. The number of nitrogens with zero attached hydrogens (tertiary/aromatic N) is 3. The summed E-state index contributed by atoms with van der Waals surface area (Å²) in [5.41, 5.74) is 3.78. The molecule has 5 heteroatoms. The fourth-order valence-electron chi connectivity index (χ4n) is 3.82. The number of nitrogens with one attached hydrogen (secondary N) is 1. The van der Waals surface area contributed by atoms with Crippen LogP contribution in [-0.4, -0.2) is 44.4 Å². The Bertz CT molecular complexity index is 827. The van der Waals surface area contributed by atoms with Crippen molar-refractivity contribution in [1.29, 1.82) is 0 Å². The lowest BCUT2D eigenvalue weighted by molar-refractivity contribution is 0.215. The lowest BCUT2D eigenvalue weighted by Crippen LogP contribution is -2.34. The topological polar surface area (TPSA) is 57.1 Å². The highest BCUT2D eigenvalue weighted by Gasteiger charge is 2.22. The van der Waals surface area contributed by atoms with E-state index in [9.17, 15) is 5.11 Å². The SMILES string of the molecule is Cn1cc(CCN2CCC(c3c[nH]c4ccc(O)cc34)CC2)cn1. The van der Waals surface area contributed by atoms with Gasteiger partial charge in [0.2, 0.25) is 0 Å². The summed E-state index contributed by atoms with van der Waals surface area (Å²) in [6, 6.07) is 5.58. The minimum Gasteiger partial charge on any atom is -0.508 e. The number of piperidine rings is 1. The van der Waals surface area contributed by atoms with Crippen LogP contribution >= 0.6 is 0 Å². The molecule has 0 amide bonds. The predicted octanol–water partition coefficient (Wildman–Crippen LogP) is 3.03. The van der Waals surface area contributed by atoms with Crippen molar-refractivity contribution in [2.24, 2.45) is 7.05 Å². The number of aromatic nitrogens is 3. The van der Waals surface area contributed by atoms with Crippen molar-refractivity contribution in [3.63, 3.8) is 0 Å². The molecule has 24 heavy (non-hydrogen) atoms. The Labute approximate surface area is 141 Å². The molecular formula is C19H24N4O. The highest BCUT2D eigenvalue weighted by atomic mass is 16.3. The lowest BCUT2D eigenvalue weighted by Gasteiger charge is -2.31. The first-order valence-electron chi connectivity index (χ1n) is 8.69. The van der Waals surface area contributed by atoms with Crippen molar-refractivity contribution in [3.8, 4) is 5.75 Å². The Kier molecular flexibility index (Phi) is 4.02. The summed E-state index contributed by atoms with van der Waals surface area (Å²) >= 11 is 0. The second kappa shape index (κ2) is 6.32. The molecule has 0 saturated carbocycles. The molecule has 0 aliphatic carbocycles. The summed E-state index contributed by atoms with van der Waals surface area (Å²) in [4.78, 5) is 5.89. The van der Waals surface area contributed by atoms with Gasteiger partial charge in [0.15, 0.2) is 0 Å². The van der Waals surface area contributed by atoms with Gasteiger partial charge in [-0.15, -0.1) is 0 Å². The van der Waals surface area contributed by atoms with Gasteiger partial charge in [0.1, 0.15) is 5.75 Å². The van der Waals surface area contributed by atoms with Crippen molar-refractivity contribution in [2.45, 2.75) is 25.2 Å². The molecule has 126 valence electrons. The van der Waals surface area contributed by atoms with E-state index in [0.29, 0.717) is 11.7 Å². The summed E-state index contributed by atoms with van der Waals surface area (Å²) in [5.74, 6) is 0.924. The zero-order valence-corrected chi connectivity index (χ0v) is 14.1. The van der Waals surface area contributed by atoms with Gasteiger partial charge in [0.05, 0.1) is 6.20 Å². The molecule has 3 heterocycles. The van der Waals surface area contributed by atoms with Gasteiger partial charge >= 0.3 is 0 Å². The maximum atomic E-state index is 9.76. The van der Waals surface area contributed by atoms with Crippen LogP contribution in [0.1, 0.15) is 29.9 Å². The van der Waals surface area contributed by atoms with Crippen molar-refractivity contribution in [1.82, 2.24) is 19.7 Å². The van der Waals surface area contributed by atoms with Gasteiger partial charge in [0.25, 0.3) is 0 Å². The Morgan fingerprint density at radius 2 is 2.12 bits per heavy atom. The van der Waals surface area contributed by atoms with Gasteiger partial charge in [-0.25, -0.2) is 0 Å². The molecule has 2 aromatic heterocycles. The van der Waals surface area contributed by atoms with Crippen LogP contribution in [0.5, 0.6) is 5.75 Å². The van der Waals surface area contributed by atoms with E-state index >= 15 is 0 Å². The first-order valence-corrected chi connectivity index (χ1v) is 8.69. The molecule has 4 rings (SSSR count). The molecule has 3 aromatic rings. The monoisotopic (exact) mass is 324 g/mol. The van der Waals surface area contributed by atoms with Crippen LogP contribution in [-0.2, 0) is 13.5 Å². The maximum Gasteiger partial charge on any atom is 0.116 e. The first kappa shape index (κ1) is 15.3. The van der Waals surface area contributed by atoms with Crippen molar-refractivity contribution in [2.75, 3.05) is 19.6 Å². The standard InChI is InChI=1S/C19H24N4O/c1-22-13-14(11-21-22)4-7-23-8-5-15(6-9-23)18-12-20-19-3-2-16(24)10-17(18)19/h2-3,10-13,15,20,24H,4-9H2,1H3. The van der Waals surface area contributed by atoms with Crippen LogP contribution in [0, 0.1) is 0 Å². The molecular weight excluding hydrogens is 300 g/mol. The van der Waals surface area contributed by atoms with Crippen LogP contribution in [0.4, 0.5) is 0 Å². The molecule has 0 unspecified atom stereocenters. The summed E-state index contributed by atoms with van der Waals surface area (Å²) < 4.78 is 1.87. The van der Waals surface area contributed by atoms with E-state index in [2.05, 4.69) is 27.4 Å². The van der Waals surface area contributed by atoms with Crippen LogP contribution < -0.4 is 0 Å². The number of likely N-dealkylation sites (tertiary alicyclic amines) is 1. The second-order valence-corrected chi connectivity index (χ2v) is 6.86. The third-order valence-electron chi connectivity index (χ3n) is 5.20. The minimum atomic E-state index is 0.345. The molecule has 1 aliphatic heterocycles. The Morgan fingerprint density at radius 3 is 2.88 bits per heavy atom. The number of H-pyrrole nitrogens is 1. The van der Waals surface area contributed by atoms with Crippen molar-refractivity contribution >= 4 is 10.9 Å². The Balaban J connectivity index is 1.37. The minimum absolute atomic E-state index is 0.345. The normalized spacial score (nSPS) is 16.9. The van der Waals surface area contributed by atoms with Gasteiger partial charge in [-0.3, -0.25) is 4.68 Å². The lowest BCUT2D eigenvalue weighted by atomic mass is 9.89. The molecule has 0 radical (unpaired) electrons. The number of fused-ring (bicyclic) bond motifs is 1. The van der Waals surface area contributed by atoms with Gasteiger partial charge in [-0.2, -0.15) is 5.10 Å². The van der Waals surface area contributed by atoms with E-state index in [-0.39, 0.29) is 0 Å². The Morgan fingerprint density at radius 1 is 1.29 bits per heavy atom. The summed E-state index contributed by atoms with van der Waals surface area (Å²) in [7, 11) is 1.97. The zero-order valence-electron chi connectivity index (χ0n) is 14.1. The zero-order chi connectivity index (χ0) is 16.5. The number of rotatable bonds is 4. The van der Waals surface area contributed by atoms with Crippen molar-refractivity contribution < 1.29 is 5.11 Å². The molecule has 0 spiro atoms. The molecule has 1 aliphatic rings. The second-order valence-electron chi connectivity index (χ2n) is 6.86. The van der Waals surface area contributed by atoms with E-state index < -0.39 is 0 Å². The molecule has 1 fully saturated rings. The van der Waals surface area contributed by atoms with Gasteiger partial charge < -0.3 is 15.0 Å². The number of aryl methyl sites for hydroxylation is 1. The van der Waals surface area contributed by atoms with Gasteiger partial charge in [0, 0.05) is 36.9 Å². The number of aromatic hydroxyl groups is 1. The number of phenolic OH excluding ortho intramolecular Hbond substituents is 1. The predicted molar refractivity (Wildman–Crippen MR) is 95.3 cm³/mol. The molecule has 0 bridgehead atoms. The molecule has 2 N–H and O–H groups in total. The average Bonchev–Trinajstić information content (AvgIpc) is 3.19. The van der Waals surface area contributed by atoms with Gasteiger partial charge in [-0.1, -0.05) is 0 Å². The van der Waals surface area contributed by atoms with Crippen LogP contribution in [0.2, 0.25) is 0 Å². The van der Waals surface area contributed by atoms with E-state index in [0.717, 1.165) is 31.6 Å². The number of aromatic amines is 1. The first-order chi connectivity index (χ1) is 11.7. The molecule has 1 aromatic carbocycles. The molecule has 0 atom stereocenters. The van der Waals surface area contributed by atoms with E-state index in [4.69, 9.17) is 0 Å². The summed E-state index contributed by atoms with van der Waals surface area (Å²) in [5, 5.41) is 15.2. The largest absolute Gasteiger partial charge is 0.508 e. The average molecular weight is 324 g/mol. The third-order valence-corrected chi connectivity index (χ3v) is 5.20. The van der Waals surface area contributed by atoms with Gasteiger partial charge in [-0.05, 0) is 67.6 Å². The van der Waals surface area contributed by atoms with E-state index in [1.165, 1.54) is 29.4 Å². The van der Waals surface area contributed by atoms with Crippen molar-refractivity contribution in [3.05, 3.63) is 47.9 Å². The highest BCUT2D eigenvalue weighted by Crippen LogP contribution is 2.34. The number of phenols is 1. The van der Waals surface area contributed by atoms with Crippen LogP contribution in [0.15, 0.2) is 36.8 Å². The number of benzene rings is 1. The fourth-order valence-corrected chi connectivity index (χ4v) is 3.82. The molecule has 5 nitrogen and oxygen atoms in total. The highest BCUT2D eigenvalue weighted by molar-refractivity contribution is 5.85. The van der Waals surface area contributed by atoms with E-state index in [1.807, 2.05) is 30.1 Å². The quantitative estimate of drug-likeness (QED) is 0.775. The van der Waals surface area contributed by atoms with Crippen LogP contribution in [0.3, 0.4) is 0 Å². The van der Waals surface area contributed by atoms with Crippen LogP contribution in [0.25, 0.3) is 10.9 Å². The summed E-state index contributed by atoms with van der Waals surface area (Å²) in [6.07, 6.45) is 9.61. The Hall–Kier alpha value is -2.27. The smallest absolute Gasteiger partial charge is 0.116 e. The molecule has 1 saturated heterocycles. The fraction of sp³-hybridized carbons (Fsp3) is 0.421. The number of hydrogen-bond donors (Lipinski definition) is 2. The third kappa shape index (κ3) is 3.04. The maximum absolute atomic E-state index is 9.76. The summed E-state index contributed by atoms with van der Waals surface area (Å²) in [6.45, 7) is 3.37. The van der Waals surface area contributed by atoms with E-state index in [1.54, 1.807) is 6.07 Å².